The van der Waals surface area contributed by atoms with E-state index in [4.69, 9.17) is 9.84 Å². The number of esters is 1. The molecule has 0 fully saturated rings. The minimum atomic E-state index is -0.814. The van der Waals surface area contributed by atoms with Crippen LogP contribution in [-0.2, 0) is 14.3 Å². The van der Waals surface area contributed by atoms with Crippen molar-refractivity contribution in [3.63, 3.8) is 0 Å². The molecule has 4 nitrogen and oxygen atoms in total. The minimum Gasteiger partial charge on any atom is -0.481 e. The second-order valence-corrected chi connectivity index (χ2v) is 12.1. The molecule has 1 N–H and O–H groups in total. The maximum Gasteiger partial charge on any atom is 0.306 e. The van der Waals surface area contributed by atoms with E-state index in [0.29, 0.717) is 12.8 Å². The minimum absolute atomic E-state index is 0.0714. The van der Waals surface area contributed by atoms with Gasteiger partial charge in [0.25, 0.3) is 0 Å². The van der Waals surface area contributed by atoms with Crippen LogP contribution >= 0.6 is 0 Å². The molecule has 1 atom stereocenters. The zero-order chi connectivity index (χ0) is 30.1. The van der Waals surface area contributed by atoms with Crippen LogP contribution in [0.15, 0.2) is 24.3 Å². The highest BCUT2D eigenvalue weighted by atomic mass is 16.5. The Kier molecular flexibility index (Phi) is 31.7. The lowest BCUT2D eigenvalue weighted by Crippen LogP contribution is -2.19. The maximum absolute atomic E-state index is 12.4. The second kappa shape index (κ2) is 32.9. The normalized spacial score (nSPS) is 12.4. The lowest BCUT2D eigenvalue weighted by Gasteiger charge is -2.17. The molecule has 0 heterocycles. The monoisotopic (exact) mass is 577 g/mol. The lowest BCUT2D eigenvalue weighted by atomic mass is 10.0. The molecule has 0 bridgehead atoms. The Morgan fingerprint density at radius 3 is 1.51 bits per heavy atom. The summed E-state index contributed by atoms with van der Waals surface area (Å²) >= 11 is 0. The topological polar surface area (TPSA) is 63.6 Å². The SMILES string of the molecule is CCCCC/C=C\C/C=C\CCCCCCCCCC(=O)OC(CCCCCCCCCCCCC)CCC(=O)O. The van der Waals surface area contributed by atoms with E-state index in [1.165, 1.54) is 122 Å². The third-order valence-corrected chi connectivity index (χ3v) is 7.94. The van der Waals surface area contributed by atoms with Gasteiger partial charge in [-0.2, -0.15) is 0 Å². The van der Waals surface area contributed by atoms with Crippen molar-refractivity contribution in [3.8, 4) is 0 Å². The standard InChI is InChI=1S/C37H68O4/c1-3-5-7-9-11-13-15-16-17-18-19-20-22-24-26-28-30-32-37(40)41-35(33-34-36(38)39)31-29-27-25-23-21-14-12-10-8-6-4-2/h11,13,16-17,35H,3-10,12,14-15,18-34H2,1-2H3,(H,38,39)/b13-11-,17-16-. The van der Waals surface area contributed by atoms with E-state index in [1.54, 1.807) is 0 Å². The summed E-state index contributed by atoms with van der Waals surface area (Å²) in [5.74, 6) is -0.961. The molecule has 0 aromatic rings. The molecule has 0 saturated heterocycles. The molecule has 0 spiro atoms. The van der Waals surface area contributed by atoms with Crippen LogP contribution in [0.4, 0.5) is 0 Å². The molecule has 0 saturated carbocycles. The number of carbonyl (C=O) groups is 2. The largest absolute Gasteiger partial charge is 0.481 e. The first-order chi connectivity index (χ1) is 20.1. The van der Waals surface area contributed by atoms with Gasteiger partial charge in [0.15, 0.2) is 0 Å². The second-order valence-electron chi connectivity index (χ2n) is 12.1. The van der Waals surface area contributed by atoms with E-state index in [9.17, 15) is 9.59 Å². The highest BCUT2D eigenvalue weighted by Crippen LogP contribution is 2.17. The van der Waals surface area contributed by atoms with Gasteiger partial charge in [-0.05, 0) is 57.8 Å². The van der Waals surface area contributed by atoms with Crippen molar-refractivity contribution < 1.29 is 19.4 Å². The Morgan fingerprint density at radius 1 is 0.537 bits per heavy atom. The fraction of sp³-hybridized carbons (Fsp3) is 0.838. The molecule has 1 unspecified atom stereocenters. The van der Waals surface area contributed by atoms with Gasteiger partial charge in [0, 0.05) is 12.8 Å². The van der Waals surface area contributed by atoms with Crippen LogP contribution < -0.4 is 0 Å². The van der Waals surface area contributed by atoms with Gasteiger partial charge in [-0.15, -0.1) is 0 Å². The van der Waals surface area contributed by atoms with Gasteiger partial charge in [0.1, 0.15) is 6.10 Å². The van der Waals surface area contributed by atoms with E-state index in [0.717, 1.165) is 38.5 Å². The number of aliphatic carboxylic acids is 1. The van der Waals surface area contributed by atoms with E-state index >= 15 is 0 Å². The van der Waals surface area contributed by atoms with Crippen molar-refractivity contribution in [2.24, 2.45) is 0 Å². The molecule has 240 valence electrons. The van der Waals surface area contributed by atoms with Crippen LogP contribution in [0.3, 0.4) is 0 Å². The van der Waals surface area contributed by atoms with E-state index in [1.807, 2.05) is 0 Å². The Morgan fingerprint density at radius 2 is 0.976 bits per heavy atom. The third-order valence-electron chi connectivity index (χ3n) is 7.94. The zero-order valence-electron chi connectivity index (χ0n) is 27.4. The number of hydrogen-bond donors (Lipinski definition) is 1. The smallest absolute Gasteiger partial charge is 0.306 e. The number of carboxylic acid groups (broad SMARTS) is 1. The van der Waals surface area contributed by atoms with E-state index in [2.05, 4.69) is 38.2 Å². The van der Waals surface area contributed by atoms with Gasteiger partial charge in [-0.1, -0.05) is 147 Å². The molecule has 0 aliphatic carbocycles. The summed E-state index contributed by atoms with van der Waals surface area (Å²) in [6.07, 6.45) is 40.4. The average Bonchev–Trinajstić information content (AvgIpc) is 2.96. The molecule has 0 amide bonds. The lowest BCUT2D eigenvalue weighted by molar-refractivity contribution is -0.151. The number of rotatable bonds is 32. The van der Waals surface area contributed by atoms with Crippen molar-refractivity contribution in [3.05, 3.63) is 24.3 Å². The quantitative estimate of drug-likeness (QED) is 0.0491. The molecular weight excluding hydrogens is 508 g/mol. The highest BCUT2D eigenvalue weighted by molar-refractivity contribution is 5.69. The molecule has 0 radical (unpaired) electrons. The molecule has 41 heavy (non-hydrogen) atoms. The predicted octanol–water partition coefficient (Wildman–Crippen LogP) is 12.1. The predicted molar refractivity (Wildman–Crippen MR) is 176 cm³/mol. The maximum atomic E-state index is 12.4. The van der Waals surface area contributed by atoms with Crippen molar-refractivity contribution in [2.45, 2.75) is 200 Å². The molecule has 0 aromatic heterocycles. The average molecular weight is 577 g/mol. The first-order valence-corrected chi connectivity index (χ1v) is 17.8. The van der Waals surface area contributed by atoms with Crippen molar-refractivity contribution in [2.75, 3.05) is 0 Å². The van der Waals surface area contributed by atoms with Crippen molar-refractivity contribution in [1.29, 1.82) is 0 Å². The number of allylic oxidation sites excluding steroid dienone is 4. The Balaban J connectivity index is 3.75. The summed E-state index contributed by atoms with van der Waals surface area (Å²) in [7, 11) is 0. The summed E-state index contributed by atoms with van der Waals surface area (Å²) in [6.45, 7) is 4.50. The van der Waals surface area contributed by atoms with Gasteiger partial charge in [-0.3, -0.25) is 9.59 Å². The summed E-state index contributed by atoms with van der Waals surface area (Å²) in [4.78, 5) is 23.4. The fourth-order valence-corrected chi connectivity index (χ4v) is 5.26. The number of ether oxygens (including phenoxy) is 1. The van der Waals surface area contributed by atoms with Gasteiger partial charge in [0.05, 0.1) is 0 Å². The van der Waals surface area contributed by atoms with Crippen molar-refractivity contribution >= 4 is 11.9 Å². The van der Waals surface area contributed by atoms with Crippen LogP contribution in [0, 0.1) is 0 Å². The van der Waals surface area contributed by atoms with Gasteiger partial charge in [0.2, 0.25) is 0 Å². The van der Waals surface area contributed by atoms with Crippen LogP contribution in [-0.4, -0.2) is 23.1 Å². The fourth-order valence-electron chi connectivity index (χ4n) is 5.26. The van der Waals surface area contributed by atoms with Crippen LogP contribution in [0.25, 0.3) is 0 Å². The van der Waals surface area contributed by atoms with E-state index in [-0.39, 0.29) is 18.5 Å². The molecule has 0 aliphatic heterocycles. The summed E-state index contributed by atoms with van der Waals surface area (Å²) in [5.41, 5.74) is 0. The van der Waals surface area contributed by atoms with Crippen LogP contribution in [0.5, 0.6) is 0 Å². The third kappa shape index (κ3) is 32.8. The summed E-state index contributed by atoms with van der Waals surface area (Å²) in [6, 6.07) is 0. The number of hydrogen-bond acceptors (Lipinski definition) is 3. The van der Waals surface area contributed by atoms with Gasteiger partial charge < -0.3 is 9.84 Å². The van der Waals surface area contributed by atoms with Crippen LogP contribution in [0.1, 0.15) is 194 Å². The van der Waals surface area contributed by atoms with Gasteiger partial charge >= 0.3 is 11.9 Å². The summed E-state index contributed by atoms with van der Waals surface area (Å²) in [5, 5.41) is 9.08. The van der Waals surface area contributed by atoms with Crippen LogP contribution in [0.2, 0.25) is 0 Å². The number of unbranched alkanes of at least 4 members (excludes halogenated alkanes) is 20. The van der Waals surface area contributed by atoms with E-state index < -0.39 is 5.97 Å². The first kappa shape index (κ1) is 39.4. The molecule has 0 aromatic carbocycles. The molecule has 0 rings (SSSR count). The molecular formula is C37H68O4. The highest BCUT2D eigenvalue weighted by Gasteiger charge is 2.15. The first-order valence-electron chi connectivity index (χ1n) is 17.8. The Hall–Kier alpha value is -1.58. The summed E-state index contributed by atoms with van der Waals surface area (Å²) < 4.78 is 5.71. The zero-order valence-corrected chi connectivity index (χ0v) is 27.4. The Labute approximate surface area is 255 Å². The van der Waals surface area contributed by atoms with Gasteiger partial charge in [-0.25, -0.2) is 0 Å². The number of carboxylic acids is 1. The molecule has 4 heteroatoms. The number of carbonyl (C=O) groups excluding carboxylic acids is 1. The van der Waals surface area contributed by atoms with Crippen molar-refractivity contribution in [1.82, 2.24) is 0 Å². The molecule has 0 aliphatic rings. The Bertz CT molecular complexity index is 624.